The predicted octanol–water partition coefficient (Wildman–Crippen LogP) is 1.19. The van der Waals surface area contributed by atoms with Crippen LogP contribution in [0.2, 0.25) is 0 Å². The number of aliphatic carboxylic acids is 1. The largest absolute Gasteiger partial charge is 0.481 e. The van der Waals surface area contributed by atoms with Crippen molar-refractivity contribution in [2.75, 3.05) is 30.1 Å². The second-order valence-corrected chi connectivity index (χ2v) is 5.52. The Morgan fingerprint density at radius 1 is 1.63 bits per heavy atom. The molecule has 1 N–H and O–H groups in total. The molecule has 1 aliphatic rings. The first-order valence-corrected chi connectivity index (χ1v) is 7.21. The average molecular weight is 283 g/mol. The molecule has 1 aliphatic heterocycles. The fraction of sp³-hybridized carbons (Fsp3) is 0.583. The van der Waals surface area contributed by atoms with Crippen molar-refractivity contribution < 1.29 is 14.6 Å². The molecule has 1 unspecified atom stereocenters. The Labute approximate surface area is 116 Å². The van der Waals surface area contributed by atoms with E-state index >= 15 is 0 Å². The van der Waals surface area contributed by atoms with Crippen LogP contribution in [0.3, 0.4) is 0 Å². The van der Waals surface area contributed by atoms with Crippen LogP contribution in [-0.4, -0.2) is 52.2 Å². The molecule has 0 bridgehead atoms. The van der Waals surface area contributed by atoms with E-state index < -0.39 is 5.97 Å². The zero-order chi connectivity index (χ0) is 13.8. The molecule has 1 atom stereocenters. The number of rotatable bonds is 4. The van der Waals surface area contributed by atoms with Crippen LogP contribution >= 0.6 is 11.8 Å². The monoisotopic (exact) mass is 283 g/mol. The summed E-state index contributed by atoms with van der Waals surface area (Å²) in [7, 11) is 1.56. The molecule has 7 heteroatoms. The molecule has 2 heterocycles. The number of hydrogen-bond donors (Lipinski definition) is 1. The molecule has 0 aliphatic carbocycles. The summed E-state index contributed by atoms with van der Waals surface area (Å²) in [6.45, 7) is 2.63. The van der Waals surface area contributed by atoms with Crippen molar-refractivity contribution in [3.05, 3.63) is 11.8 Å². The molecule has 1 fully saturated rings. The molecule has 1 saturated heterocycles. The number of ether oxygens (including phenoxy) is 1. The lowest BCUT2D eigenvalue weighted by Gasteiger charge is -2.34. The number of nitrogens with zero attached hydrogens (tertiary/aromatic N) is 3. The van der Waals surface area contributed by atoms with Gasteiger partial charge in [0.25, 0.3) is 0 Å². The van der Waals surface area contributed by atoms with Gasteiger partial charge in [-0.05, 0) is 6.92 Å². The number of anilines is 1. The Morgan fingerprint density at radius 3 is 3.11 bits per heavy atom. The Morgan fingerprint density at radius 2 is 2.42 bits per heavy atom. The summed E-state index contributed by atoms with van der Waals surface area (Å²) in [6, 6.07) is 1.69. The Balaban J connectivity index is 2.26. The quantitative estimate of drug-likeness (QED) is 0.889. The third-order valence-electron chi connectivity index (χ3n) is 2.92. The van der Waals surface area contributed by atoms with Gasteiger partial charge in [0.1, 0.15) is 0 Å². The smallest absolute Gasteiger partial charge is 0.305 e. The molecule has 6 nitrogen and oxygen atoms in total. The van der Waals surface area contributed by atoms with Crippen LogP contribution in [0.25, 0.3) is 0 Å². The highest BCUT2D eigenvalue weighted by atomic mass is 32.2. The van der Waals surface area contributed by atoms with Gasteiger partial charge in [0.05, 0.1) is 19.6 Å². The summed E-state index contributed by atoms with van der Waals surface area (Å²) in [5.41, 5.74) is 0.814. The van der Waals surface area contributed by atoms with Crippen LogP contribution < -0.4 is 9.64 Å². The highest BCUT2D eigenvalue weighted by Gasteiger charge is 2.27. The van der Waals surface area contributed by atoms with Gasteiger partial charge in [-0.3, -0.25) is 4.79 Å². The average Bonchev–Trinajstić information content (AvgIpc) is 2.38. The minimum atomic E-state index is -0.794. The van der Waals surface area contributed by atoms with Gasteiger partial charge in [-0.2, -0.15) is 16.7 Å². The number of carboxylic acid groups (broad SMARTS) is 1. The van der Waals surface area contributed by atoms with Crippen molar-refractivity contribution >= 4 is 23.7 Å². The van der Waals surface area contributed by atoms with E-state index in [9.17, 15) is 4.79 Å². The van der Waals surface area contributed by atoms with Gasteiger partial charge in [-0.25, -0.2) is 4.98 Å². The molecule has 0 amide bonds. The molecule has 0 aromatic carbocycles. The Bertz CT molecular complexity index is 470. The lowest BCUT2D eigenvalue weighted by atomic mass is 10.2. The maximum absolute atomic E-state index is 10.9. The lowest BCUT2D eigenvalue weighted by Crippen LogP contribution is -2.44. The van der Waals surface area contributed by atoms with Gasteiger partial charge in [0.2, 0.25) is 11.8 Å². The standard InChI is InChI=1S/C12H17N3O3S/c1-8-5-10(18-2)14-12(13-8)15-3-4-19-7-9(15)6-11(16)17/h5,9H,3-4,6-7H2,1-2H3,(H,16,17). The van der Waals surface area contributed by atoms with Crippen molar-refractivity contribution in [1.82, 2.24) is 9.97 Å². The second kappa shape index (κ2) is 6.10. The fourth-order valence-electron chi connectivity index (χ4n) is 2.05. The van der Waals surface area contributed by atoms with Crippen LogP contribution in [0.4, 0.5) is 5.95 Å². The van der Waals surface area contributed by atoms with Crippen LogP contribution in [0.5, 0.6) is 5.88 Å². The van der Waals surface area contributed by atoms with E-state index in [2.05, 4.69) is 9.97 Å². The topological polar surface area (TPSA) is 75.5 Å². The minimum Gasteiger partial charge on any atom is -0.481 e. The number of methoxy groups -OCH3 is 1. The minimum absolute atomic E-state index is 0.0669. The summed E-state index contributed by atoms with van der Waals surface area (Å²) in [5.74, 6) is 2.01. The number of aryl methyl sites for hydroxylation is 1. The van der Waals surface area contributed by atoms with Crippen LogP contribution in [0.1, 0.15) is 12.1 Å². The van der Waals surface area contributed by atoms with Gasteiger partial charge >= 0.3 is 5.97 Å². The van der Waals surface area contributed by atoms with E-state index in [1.54, 1.807) is 24.9 Å². The molecule has 2 rings (SSSR count). The lowest BCUT2D eigenvalue weighted by molar-refractivity contribution is -0.137. The Kier molecular flexibility index (Phi) is 4.47. The third-order valence-corrected chi connectivity index (χ3v) is 4.01. The van der Waals surface area contributed by atoms with Crippen LogP contribution in [-0.2, 0) is 4.79 Å². The van der Waals surface area contributed by atoms with Crippen molar-refractivity contribution in [3.8, 4) is 5.88 Å². The normalized spacial score (nSPS) is 19.3. The zero-order valence-corrected chi connectivity index (χ0v) is 11.8. The number of carbonyl (C=O) groups is 1. The van der Waals surface area contributed by atoms with Gasteiger partial charge in [0.15, 0.2) is 0 Å². The molecular weight excluding hydrogens is 266 g/mol. The molecule has 0 saturated carbocycles. The summed E-state index contributed by atoms with van der Waals surface area (Å²) < 4.78 is 5.14. The van der Waals surface area contributed by atoms with Gasteiger partial charge in [-0.15, -0.1) is 0 Å². The number of carboxylic acids is 1. The van der Waals surface area contributed by atoms with Crippen LogP contribution in [0, 0.1) is 6.92 Å². The maximum atomic E-state index is 10.9. The summed E-state index contributed by atoms with van der Waals surface area (Å²) in [5, 5.41) is 8.98. The molecule has 0 spiro atoms. The van der Waals surface area contributed by atoms with E-state index in [1.807, 2.05) is 11.8 Å². The molecule has 19 heavy (non-hydrogen) atoms. The zero-order valence-electron chi connectivity index (χ0n) is 11.0. The van der Waals surface area contributed by atoms with Gasteiger partial charge in [-0.1, -0.05) is 0 Å². The van der Waals surface area contributed by atoms with Crippen molar-refractivity contribution in [1.29, 1.82) is 0 Å². The van der Waals surface area contributed by atoms with Gasteiger partial charge < -0.3 is 14.7 Å². The maximum Gasteiger partial charge on any atom is 0.305 e. The summed E-state index contributed by atoms with van der Waals surface area (Å²) >= 11 is 1.77. The van der Waals surface area contributed by atoms with Gasteiger partial charge in [0, 0.05) is 29.8 Å². The van der Waals surface area contributed by atoms with E-state index in [4.69, 9.17) is 9.84 Å². The molecule has 1 aromatic heterocycles. The van der Waals surface area contributed by atoms with E-state index in [-0.39, 0.29) is 12.5 Å². The molecule has 104 valence electrons. The highest BCUT2D eigenvalue weighted by molar-refractivity contribution is 7.99. The van der Waals surface area contributed by atoms with E-state index in [1.165, 1.54) is 0 Å². The SMILES string of the molecule is COc1cc(C)nc(N2CCSCC2CC(=O)O)n1. The highest BCUT2D eigenvalue weighted by Crippen LogP contribution is 2.24. The molecule has 1 aromatic rings. The van der Waals surface area contributed by atoms with Crippen LogP contribution in [0.15, 0.2) is 6.07 Å². The molecular formula is C12H17N3O3S. The van der Waals surface area contributed by atoms with E-state index in [0.29, 0.717) is 11.8 Å². The number of hydrogen-bond acceptors (Lipinski definition) is 6. The second-order valence-electron chi connectivity index (χ2n) is 4.37. The van der Waals surface area contributed by atoms with Crippen molar-refractivity contribution in [2.24, 2.45) is 0 Å². The predicted molar refractivity (Wildman–Crippen MR) is 74.0 cm³/mol. The number of thioether (sulfide) groups is 1. The van der Waals surface area contributed by atoms with Crippen molar-refractivity contribution in [2.45, 2.75) is 19.4 Å². The first-order chi connectivity index (χ1) is 9.10. The molecule has 0 radical (unpaired) electrons. The van der Waals surface area contributed by atoms with E-state index in [0.717, 1.165) is 23.7 Å². The number of aromatic nitrogens is 2. The Hall–Kier alpha value is -1.50. The first-order valence-electron chi connectivity index (χ1n) is 6.06. The van der Waals surface area contributed by atoms with Crippen molar-refractivity contribution in [3.63, 3.8) is 0 Å². The first kappa shape index (κ1) is 13.9. The third kappa shape index (κ3) is 3.50. The summed E-state index contributed by atoms with van der Waals surface area (Å²) in [6.07, 6.45) is 0.104. The fourth-order valence-corrected chi connectivity index (χ4v) is 3.11. The summed E-state index contributed by atoms with van der Waals surface area (Å²) in [4.78, 5) is 21.6.